The largest absolute Gasteiger partial charge is 0.374 e. The number of nitrogen functional groups attached to an aromatic ring is 1. The molecule has 0 unspecified atom stereocenters. The fraction of sp³-hybridized carbons (Fsp3) is 0.357. The first-order valence-corrected chi connectivity index (χ1v) is 7.30. The Labute approximate surface area is 122 Å². The lowest BCUT2D eigenvalue weighted by molar-refractivity contribution is -0.121. The van der Waals surface area contributed by atoms with Gasteiger partial charge in [-0.1, -0.05) is 41.2 Å². The van der Waals surface area contributed by atoms with Crippen LogP contribution in [0.25, 0.3) is 0 Å². The highest BCUT2D eigenvalue weighted by Gasteiger charge is 2.10. The molecule has 0 spiro atoms. The molecule has 5 nitrogen and oxygen atoms in total. The summed E-state index contributed by atoms with van der Waals surface area (Å²) < 4.78 is 0. The molecule has 1 atom stereocenters. The smallest absolute Gasteiger partial charge is 0.220 e. The highest BCUT2D eigenvalue weighted by Crippen LogP contribution is 2.15. The molecule has 2 rings (SSSR count). The first kappa shape index (κ1) is 14.5. The van der Waals surface area contributed by atoms with Crippen LogP contribution in [0, 0.1) is 6.92 Å². The number of aryl methyl sites for hydroxylation is 2. The molecule has 3 N–H and O–H groups in total. The average molecular weight is 290 g/mol. The summed E-state index contributed by atoms with van der Waals surface area (Å²) in [4.78, 5) is 11.9. The molecule has 0 radical (unpaired) electrons. The molecule has 1 amide bonds. The van der Waals surface area contributed by atoms with Crippen molar-refractivity contribution >= 4 is 22.4 Å². The zero-order valence-electron chi connectivity index (χ0n) is 11.6. The van der Waals surface area contributed by atoms with E-state index in [1.165, 1.54) is 16.9 Å². The fourth-order valence-corrected chi connectivity index (χ4v) is 2.45. The van der Waals surface area contributed by atoms with Gasteiger partial charge >= 0.3 is 0 Å². The first-order valence-electron chi connectivity index (χ1n) is 6.48. The number of carbonyl (C=O) groups excluding carboxylic acids is 1. The molecule has 1 aromatic heterocycles. The van der Waals surface area contributed by atoms with Crippen molar-refractivity contribution in [1.29, 1.82) is 0 Å². The molecule has 6 heteroatoms. The summed E-state index contributed by atoms with van der Waals surface area (Å²) in [7, 11) is 0. The summed E-state index contributed by atoms with van der Waals surface area (Å²) in [5.74, 6) is 0.00634. The normalized spacial score (nSPS) is 12.1. The molecular weight excluding hydrogens is 272 g/mol. The second kappa shape index (κ2) is 6.47. The summed E-state index contributed by atoms with van der Waals surface area (Å²) in [6.07, 6.45) is 0.964. The van der Waals surface area contributed by atoms with E-state index in [-0.39, 0.29) is 11.9 Å². The SMILES string of the molecule is Cc1ccc([C@H](C)NC(=O)CCc2nnc(N)s2)cc1. The zero-order valence-corrected chi connectivity index (χ0v) is 12.4. The highest BCUT2D eigenvalue weighted by atomic mass is 32.1. The van der Waals surface area contributed by atoms with Gasteiger partial charge < -0.3 is 11.1 Å². The van der Waals surface area contributed by atoms with E-state index in [9.17, 15) is 4.79 Å². The van der Waals surface area contributed by atoms with Crippen molar-refractivity contribution in [3.05, 3.63) is 40.4 Å². The van der Waals surface area contributed by atoms with E-state index in [2.05, 4.69) is 15.5 Å². The topological polar surface area (TPSA) is 80.9 Å². The number of benzene rings is 1. The number of rotatable bonds is 5. The van der Waals surface area contributed by atoms with Crippen LogP contribution >= 0.6 is 11.3 Å². The molecular formula is C14H18N4OS. The van der Waals surface area contributed by atoms with Crippen LogP contribution in [0.15, 0.2) is 24.3 Å². The minimum Gasteiger partial charge on any atom is -0.374 e. The molecule has 0 fully saturated rings. The lowest BCUT2D eigenvalue weighted by Crippen LogP contribution is -2.26. The van der Waals surface area contributed by atoms with Crippen molar-refractivity contribution in [3.8, 4) is 0 Å². The predicted octanol–water partition coefficient (Wildman–Crippen LogP) is 2.24. The van der Waals surface area contributed by atoms with E-state index in [4.69, 9.17) is 5.73 Å². The molecule has 1 aromatic carbocycles. The third kappa shape index (κ3) is 4.03. The summed E-state index contributed by atoms with van der Waals surface area (Å²) in [6, 6.07) is 8.16. The van der Waals surface area contributed by atoms with Gasteiger partial charge in [0.2, 0.25) is 11.0 Å². The summed E-state index contributed by atoms with van der Waals surface area (Å²) in [5.41, 5.74) is 7.81. The number of anilines is 1. The van der Waals surface area contributed by atoms with Gasteiger partial charge in [-0.3, -0.25) is 4.79 Å². The summed E-state index contributed by atoms with van der Waals surface area (Å²) in [6.45, 7) is 4.02. The van der Waals surface area contributed by atoms with Crippen molar-refractivity contribution in [2.75, 3.05) is 5.73 Å². The van der Waals surface area contributed by atoms with Crippen LogP contribution in [0.4, 0.5) is 5.13 Å². The molecule has 0 saturated carbocycles. The van der Waals surface area contributed by atoms with Crippen molar-refractivity contribution in [2.24, 2.45) is 0 Å². The number of nitrogens with two attached hydrogens (primary N) is 1. The molecule has 0 aliphatic carbocycles. The molecule has 0 bridgehead atoms. The number of hydrogen-bond acceptors (Lipinski definition) is 5. The van der Waals surface area contributed by atoms with Crippen LogP contribution in [-0.2, 0) is 11.2 Å². The quantitative estimate of drug-likeness (QED) is 0.885. The number of carbonyl (C=O) groups is 1. The maximum Gasteiger partial charge on any atom is 0.220 e. The van der Waals surface area contributed by atoms with E-state index in [0.29, 0.717) is 18.0 Å². The van der Waals surface area contributed by atoms with Gasteiger partial charge in [0.15, 0.2) is 0 Å². The highest BCUT2D eigenvalue weighted by molar-refractivity contribution is 7.15. The minimum absolute atomic E-state index is 0.00240. The van der Waals surface area contributed by atoms with E-state index in [1.54, 1.807) is 0 Å². The number of hydrogen-bond donors (Lipinski definition) is 2. The predicted molar refractivity (Wildman–Crippen MR) is 80.4 cm³/mol. The van der Waals surface area contributed by atoms with E-state index in [0.717, 1.165) is 10.6 Å². The Hall–Kier alpha value is -1.95. The number of nitrogens with zero attached hydrogens (tertiary/aromatic N) is 2. The average Bonchev–Trinajstić information content (AvgIpc) is 2.83. The van der Waals surface area contributed by atoms with Crippen LogP contribution in [0.5, 0.6) is 0 Å². The molecule has 106 valence electrons. The fourth-order valence-electron chi connectivity index (χ4n) is 1.84. The van der Waals surface area contributed by atoms with Crippen molar-refractivity contribution in [3.63, 3.8) is 0 Å². The van der Waals surface area contributed by atoms with Crippen LogP contribution in [0.2, 0.25) is 0 Å². The monoisotopic (exact) mass is 290 g/mol. The van der Waals surface area contributed by atoms with E-state index >= 15 is 0 Å². The third-order valence-corrected chi connectivity index (χ3v) is 3.82. The second-order valence-corrected chi connectivity index (χ2v) is 5.83. The number of aromatic nitrogens is 2. The summed E-state index contributed by atoms with van der Waals surface area (Å²) in [5, 5.41) is 11.8. The van der Waals surface area contributed by atoms with Crippen LogP contribution in [0.1, 0.15) is 35.5 Å². The maximum absolute atomic E-state index is 11.9. The Bertz CT molecular complexity index is 579. The first-order chi connectivity index (χ1) is 9.54. The Morgan fingerprint density at radius 3 is 2.65 bits per heavy atom. The maximum atomic E-state index is 11.9. The Balaban J connectivity index is 1.83. The molecule has 2 aromatic rings. The lowest BCUT2D eigenvalue weighted by Gasteiger charge is -2.14. The van der Waals surface area contributed by atoms with Gasteiger partial charge in [0.1, 0.15) is 5.01 Å². The van der Waals surface area contributed by atoms with Crippen LogP contribution < -0.4 is 11.1 Å². The molecule has 0 aliphatic rings. The van der Waals surface area contributed by atoms with Crippen molar-refractivity contribution in [1.82, 2.24) is 15.5 Å². The van der Waals surface area contributed by atoms with E-state index < -0.39 is 0 Å². The minimum atomic E-state index is 0.00240. The number of amides is 1. The Morgan fingerprint density at radius 2 is 2.05 bits per heavy atom. The molecule has 1 heterocycles. The lowest BCUT2D eigenvalue weighted by atomic mass is 10.1. The third-order valence-electron chi connectivity index (χ3n) is 3.00. The van der Waals surface area contributed by atoms with Crippen molar-refractivity contribution in [2.45, 2.75) is 32.7 Å². The van der Waals surface area contributed by atoms with E-state index in [1.807, 2.05) is 38.1 Å². The van der Waals surface area contributed by atoms with Crippen molar-refractivity contribution < 1.29 is 4.79 Å². The van der Waals surface area contributed by atoms with Gasteiger partial charge in [0, 0.05) is 12.8 Å². The van der Waals surface area contributed by atoms with Gasteiger partial charge in [-0.2, -0.15) is 0 Å². The Kier molecular flexibility index (Phi) is 4.68. The van der Waals surface area contributed by atoms with Gasteiger partial charge in [-0.05, 0) is 19.4 Å². The zero-order chi connectivity index (χ0) is 14.5. The number of nitrogens with one attached hydrogen (secondary N) is 1. The standard InChI is InChI=1S/C14H18N4OS/c1-9-3-5-11(6-4-9)10(2)16-12(19)7-8-13-17-18-14(15)20-13/h3-6,10H,7-8H2,1-2H3,(H2,15,18)(H,16,19)/t10-/m0/s1. The Morgan fingerprint density at radius 1 is 1.35 bits per heavy atom. The van der Waals surface area contributed by atoms with Crippen LogP contribution in [-0.4, -0.2) is 16.1 Å². The van der Waals surface area contributed by atoms with Gasteiger partial charge in [0.25, 0.3) is 0 Å². The van der Waals surface area contributed by atoms with Gasteiger partial charge in [0.05, 0.1) is 6.04 Å². The molecule has 0 aliphatic heterocycles. The van der Waals surface area contributed by atoms with Crippen LogP contribution in [0.3, 0.4) is 0 Å². The molecule has 20 heavy (non-hydrogen) atoms. The molecule has 0 saturated heterocycles. The van der Waals surface area contributed by atoms with Gasteiger partial charge in [-0.25, -0.2) is 0 Å². The second-order valence-electron chi connectivity index (χ2n) is 4.73. The van der Waals surface area contributed by atoms with Gasteiger partial charge in [-0.15, -0.1) is 10.2 Å². The summed E-state index contributed by atoms with van der Waals surface area (Å²) >= 11 is 1.32.